The first kappa shape index (κ1) is 14.5. The van der Waals surface area contributed by atoms with Crippen molar-refractivity contribution in [3.05, 3.63) is 39.1 Å². The fraction of sp³-hybridized carbons (Fsp3) is 0.312. The summed E-state index contributed by atoms with van der Waals surface area (Å²) in [7, 11) is 4.13. The van der Waals surface area contributed by atoms with E-state index in [-0.39, 0.29) is 0 Å². The van der Waals surface area contributed by atoms with Crippen LogP contribution in [0.15, 0.2) is 18.6 Å². The van der Waals surface area contributed by atoms with Gasteiger partial charge in [0, 0.05) is 42.2 Å². The van der Waals surface area contributed by atoms with Crippen molar-refractivity contribution in [3.63, 3.8) is 0 Å². The van der Waals surface area contributed by atoms with Crippen LogP contribution in [-0.2, 0) is 20.0 Å². The van der Waals surface area contributed by atoms with Crippen LogP contribution in [0.25, 0.3) is 21.3 Å². The lowest BCUT2D eigenvalue weighted by Gasteiger charge is -2.22. The minimum Gasteiger partial charge on any atom is -0.340 e. The molecule has 4 rings (SSSR count). The zero-order chi connectivity index (χ0) is 15.4. The highest BCUT2D eigenvalue weighted by atomic mass is 35.5. The summed E-state index contributed by atoms with van der Waals surface area (Å²) in [5.41, 5.74) is 3.45. The molecule has 0 unspecified atom stereocenters. The molecule has 0 saturated carbocycles. The van der Waals surface area contributed by atoms with Crippen LogP contribution in [0.3, 0.4) is 0 Å². The van der Waals surface area contributed by atoms with Crippen LogP contribution in [0.4, 0.5) is 0 Å². The van der Waals surface area contributed by atoms with E-state index >= 15 is 0 Å². The zero-order valence-electron chi connectivity index (χ0n) is 12.4. The van der Waals surface area contributed by atoms with Crippen molar-refractivity contribution in [2.24, 2.45) is 7.05 Å². The number of imidazole rings is 1. The first-order chi connectivity index (χ1) is 10.5. The molecule has 0 saturated heterocycles. The van der Waals surface area contributed by atoms with Crippen molar-refractivity contribution < 1.29 is 0 Å². The van der Waals surface area contributed by atoms with Gasteiger partial charge in [-0.25, -0.2) is 4.98 Å². The van der Waals surface area contributed by atoms with E-state index in [0.717, 1.165) is 35.5 Å². The van der Waals surface area contributed by atoms with Crippen LogP contribution in [0.5, 0.6) is 0 Å². The Hall–Kier alpha value is -1.07. The van der Waals surface area contributed by atoms with E-state index in [2.05, 4.69) is 16.9 Å². The Bertz CT molecular complexity index is 881. The van der Waals surface area contributed by atoms with Crippen molar-refractivity contribution in [1.82, 2.24) is 14.5 Å². The van der Waals surface area contributed by atoms with Crippen molar-refractivity contribution in [2.75, 3.05) is 13.6 Å². The SMILES string of the molecule is CN1CCc2c(sc3c(Cl)c(Cl)cc(-c4cn(C)cn4)c23)C1. The van der Waals surface area contributed by atoms with Gasteiger partial charge in [0.2, 0.25) is 0 Å². The zero-order valence-corrected chi connectivity index (χ0v) is 14.7. The summed E-state index contributed by atoms with van der Waals surface area (Å²) in [4.78, 5) is 8.24. The number of fused-ring (bicyclic) bond motifs is 3. The van der Waals surface area contributed by atoms with Gasteiger partial charge in [0.05, 0.1) is 26.8 Å². The number of likely N-dealkylation sites (N-methyl/N-ethyl adjacent to an activating group) is 1. The molecule has 0 atom stereocenters. The molecule has 22 heavy (non-hydrogen) atoms. The minimum atomic E-state index is 0.599. The summed E-state index contributed by atoms with van der Waals surface area (Å²) in [6, 6.07) is 1.96. The molecule has 0 fully saturated rings. The standard InChI is InChI=1S/C16H15Cl2N3S/c1-20-4-3-9-13(7-20)22-16-14(9)10(5-11(17)15(16)18)12-6-21(2)8-19-12/h5-6,8H,3-4,7H2,1-2H3. The average Bonchev–Trinajstić information content (AvgIpc) is 3.06. The van der Waals surface area contributed by atoms with E-state index < -0.39 is 0 Å². The third-order valence-corrected chi connectivity index (χ3v) is 6.31. The molecule has 0 spiro atoms. The van der Waals surface area contributed by atoms with Crippen molar-refractivity contribution in [3.8, 4) is 11.3 Å². The van der Waals surface area contributed by atoms with Gasteiger partial charge >= 0.3 is 0 Å². The van der Waals surface area contributed by atoms with Crippen LogP contribution in [0.2, 0.25) is 10.0 Å². The number of thiophene rings is 1. The Morgan fingerprint density at radius 2 is 2.09 bits per heavy atom. The van der Waals surface area contributed by atoms with Gasteiger partial charge in [-0.05, 0) is 25.1 Å². The Labute approximate surface area is 143 Å². The molecule has 3 nitrogen and oxygen atoms in total. The lowest BCUT2D eigenvalue weighted by atomic mass is 9.98. The summed E-state index contributed by atoms with van der Waals surface area (Å²) in [5, 5.41) is 2.50. The molecule has 2 aromatic heterocycles. The number of nitrogens with zero attached hydrogens (tertiary/aromatic N) is 3. The Kier molecular flexibility index (Phi) is 3.46. The quantitative estimate of drug-likeness (QED) is 0.638. The van der Waals surface area contributed by atoms with E-state index in [1.54, 1.807) is 11.3 Å². The maximum Gasteiger partial charge on any atom is 0.0951 e. The van der Waals surface area contributed by atoms with Gasteiger partial charge in [-0.3, -0.25) is 0 Å². The number of halogens is 2. The van der Waals surface area contributed by atoms with Gasteiger partial charge in [0.15, 0.2) is 0 Å². The number of aryl methyl sites for hydroxylation is 1. The molecule has 0 N–H and O–H groups in total. The van der Waals surface area contributed by atoms with Crippen LogP contribution in [0, 0.1) is 0 Å². The second-order valence-corrected chi connectivity index (χ2v) is 7.73. The Balaban J connectivity index is 2.06. The van der Waals surface area contributed by atoms with E-state index in [4.69, 9.17) is 23.2 Å². The van der Waals surface area contributed by atoms with E-state index in [9.17, 15) is 0 Å². The number of aromatic nitrogens is 2. The molecule has 1 aromatic carbocycles. The Morgan fingerprint density at radius 1 is 1.27 bits per heavy atom. The molecule has 0 amide bonds. The normalized spacial score (nSPS) is 15.5. The third kappa shape index (κ3) is 2.17. The maximum absolute atomic E-state index is 6.49. The Morgan fingerprint density at radius 3 is 2.82 bits per heavy atom. The summed E-state index contributed by atoms with van der Waals surface area (Å²) in [6.07, 6.45) is 4.89. The number of hydrogen-bond acceptors (Lipinski definition) is 3. The van der Waals surface area contributed by atoms with Gasteiger partial charge in [-0.15, -0.1) is 11.3 Å². The first-order valence-electron chi connectivity index (χ1n) is 7.13. The average molecular weight is 352 g/mol. The van der Waals surface area contributed by atoms with Gasteiger partial charge < -0.3 is 9.47 Å². The first-order valence-corrected chi connectivity index (χ1v) is 8.71. The molecule has 0 aliphatic carbocycles. The lowest BCUT2D eigenvalue weighted by molar-refractivity contribution is 0.318. The van der Waals surface area contributed by atoms with Crippen LogP contribution >= 0.6 is 34.5 Å². The number of rotatable bonds is 1. The molecule has 114 valence electrons. The monoisotopic (exact) mass is 351 g/mol. The fourth-order valence-electron chi connectivity index (χ4n) is 3.10. The largest absolute Gasteiger partial charge is 0.340 e. The van der Waals surface area contributed by atoms with Crippen LogP contribution < -0.4 is 0 Å². The van der Waals surface area contributed by atoms with E-state index in [0.29, 0.717) is 10.0 Å². The van der Waals surface area contributed by atoms with Crippen LogP contribution in [-0.4, -0.2) is 28.0 Å². The maximum atomic E-state index is 6.49. The van der Waals surface area contributed by atoms with Gasteiger partial charge in [-0.2, -0.15) is 0 Å². The molecule has 0 bridgehead atoms. The van der Waals surface area contributed by atoms with Crippen molar-refractivity contribution in [2.45, 2.75) is 13.0 Å². The van der Waals surface area contributed by atoms with Gasteiger partial charge in [-0.1, -0.05) is 23.2 Å². The molecular formula is C16H15Cl2N3S. The lowest BCUT2D eigenvalue weighted by Crippen LogP contribution is -2.25. The highest BCUT2D eigenvalue weighted by Gasteiger charge is 2.24. The molecule has 0 radical (unpaired) electrons. The summed E-state index contributed by atoms with van der Waals surface area (Å²) < 4.78 is 3.05. The van der Waals surface area contributed by atoms with Crippen molar-refractivity contribution in [1.29, 1.82) is 0 Å². The third-order valence-electron chi connectivity index (χ3n) is 4.18. The molecule has 1 aliphatic heterocycles. The topological polar surface area (TPSA) is 21.1 Å². The molecule has 6 heteroatoms. The van der Waals surface area contributed by atoms with Crippen LogP contribution in [0.1, 0.15) is 10.4 Å². The summed E-state index contributed by atoms with van der Waals surface area (Å²) in [5.74, 6) is 0. The van der Waals surface area contributed by atoms with Crippen molar-refractivity contribution >= 4 is 44.6 Å². The molecule has 3 aromatic rings. The minimum absolute atomic E-state index is 0.599. The molecule has 3 heterocycles. The molecular weight excluding hydrogens is 337 g/mol. The highest BCUT2D eigenvalue weighted by molar-refractivity contribution is 7.20. The number of benzene rings is 1. The summed E-state index contributed by atoms with van der Waals surface area (Å²) >= 11 is 14.6. The number of hydrogen-bond donors (Lipinski definition) is 0. The second kappa shape index (κ2) is 5.24. The molecule has 1 aliphatic rings. The second-order valence-electron chi connectivity index (χ2n) is 5.84. The van der Waals surface area contributed by atoms with Gasteiger partial charge in [0.25, 0.3) is 0 Å². The predicted molar refractivity (Wildman–Crippen MR) is 94.1 cm³/mol. The van der Waals surface area contributed by atoms with Gasteiger partial charge in [0.1, 0.15) is 0 Å². The fourth-order valence-corrected chi connectivity index (χ4v) is 5.01. The van der Waals surface area contributed by atoms with E-state index in [1.165, 1.54) is 15.8 Å². The summed E-state index contributed by atoms with van der Waals surface area (Å²) in [6.45, 7) is 2.05. The predicted octanol–water partition coefficient (Wildman–Crippen LogP) is 4.60. The smallest absolute Gasteiger partial charge is 0.0951 e. The van der Waals surface area contributed by atoms with E-state index in [1.807, 2.05) is 30.2 Å². The highest BCUT2D eigenvalue weighted by Crippen LogP contribution is 2.46.